The maximum absolute atomic E-state index is 11.7. The van der Waals surface area contributed by atoms with Crippen LogP contribution in [-0.4, -0.2) is 42.2 Å². The van der Waals surface area contributed by atoms with E-state index in [9.17, 15) is 9.90 Å². The second-order valence-corrected chi connectivity index (χ2v) is 5.23. The molecule has 0 radical (unpaired) electrons. The van der Waals surface area contributed by atoms with Gasteiger partial charge in [-0.05, 0) is 50.6 Å². The van der Waals surface area contributed by atoms with Gasteiger partial charge in [0.25, 0.3) is 0 Å². The van der Waals surface area contributed by atoms with Crippen molar-refractivity contribution in [2.75, 3.05) is 31.5 Å². The first kappa shape index (κ1) is 14.8. The monoisotopic (exact) mass is 277 g/mol. The fourth-order valence-electron chi connectivity index (χ4n) is 2.35. The Kier molecular flexibility index (Phi) is 5.38. The number of benzene rings is 1. The summed E-state index contributed by atoms with van der Waals surface area (Å²) in [6.07, 6.45) is 2.04. The summed E-state index contributed by atoms with van der Waals surface area (Å²) in [6.45, 7) is 5.58. The molecule has 0 aliphatic carbocycles. The number of aliphatic hydroxyl groups is 1. The molecule has 2 amide bonds. The van der Waals surface area contributed by atoms with Crippen LogP contribution in [0.15, 0.2) is 24.3 Å². The predicted octanol–water partition coefficient (Wildman–Crippen LogP) is 1.96. The molecule has 0 aromatic heterocycles. The van der Waals surface area contributed by atoms with Gasteiger partial charge < -0.3 is 20.6 Å². The number of aliphatic hydroxyl groups excluding tert-OH is 1. The highest BCUT2D eigenvalue weighted by Gasteiger charge is 2.11. The molecule has 110 valence electrons. The lowest BCUT2D eigenvalue weighted by atomic mass is 10.1. The first-order valence-electron chi connectivity index (χ1n) is 7.20. The zero-order valence-electron chi connectivity index (χ0n) is 11.9. The van der Waals surface area contributed by atoms with Crippen molar-refractivity contribution in [3.63, 3.8) is 0 Å². The van der Waals surface area contributed by atoms with Crippen molar-refractivity contribution < 1.29 is 9.90 Å². The molecule has 1 atom stereocenters. The summed E-state index contributed by atoms with van der Waals surface area (Å²) in [6, 6.07) is 7.02. The van der Waals surface area contributed by atoms with Gasteiger partial charge in [0.2, 0.25) is 0 Å². The normalized spacial score (nSPS) is 16.9. The minimum atomic E-state index is -0.488. The number of anilines is 1. The van der Waals surface area contributed by atoms with E-state index in [4.69, 9.17) is 0 Å². The number of urea groups is 1. The number of amides is 2. The van der Waals surface area contributed by atoms with E-state index in [0.717, 1.165) is 30.9 Å². The molecule has 20 heavy (non-hydrogen) atoms. The Bertz CT molecular complexity index is 425. The number of nitrogens with zero attached hydrogens (tertiary/aromatic N) is 1. The average Bonchev–Trinajstić information content (AvgIpc) is 2.92. The molecule has 1 fully saturated rings. The summed E-state index contributed by atoms with van der Waals surface area (Å²) in [4.78, 5) is 14.1. The van der Waals surface area contributed by atoms with Crippen LogP contribution in [0.1, 0.15) is 31.4 Å². The van der Waals surface area contributed by atoms with Crippen molar-refractivity contribution in [1.82, 2.24) is 10.2 Å². The molecule has 0 bridgehead atoms. The summed E-state index contributed by atoms with van der Waals surface area (Å²) >= 11 is 0. The fraction of sp³-hybridized carbons (Fsp3) is 0.533. The van der Waals surface area contributed by atoms with E-state index in [2.05, 4.69) is 15.5 Å². The van der Waals surface area contributed by atoms with Crippen LogP contribution in [0.4, 0.5) is 10.5 Å². The highest BCUT2D eigenvalue weighted by molar-refractivity contribution is 5.89. The number of nitrogens with one attached hydrogen (secondary N) is 2. The summed E-state index contributed by atoms with van der Waals surface area (Å²) in [5, 5.41) is 15.0. The number of carbonyl (C=O) groups is 1. The molecule has 0 saturated carbocycles. The predicted molar refractivity (Wildman–Crippen MR) is 79.8 cm³/mol. The fourth-order valence-corrected chi connectivity index (χ4v) is 2.35. The first-order valence-corrected chi connectivity index (χ1v) is 7.20. The van der Waals surface area contributed by atoms with Crippen LogP contribution < -0.4 is 10.6 Å². The highest BCUT2D eigenvalue weighted by Crippen LogP contribution is 2.15. The summed E-state index contributed by atoms with van der Waals surface area (Å²) in [7, 11) is 0. The van der Waals surface area contributed by atoms with Gasteiger partial charge in [0.1, 0.15) is 0 Å². The van der Waals surface area contributed by atoms with E-state index in [1.807, 2.05) is 12.1 Å². The smallest absolute Gasteiger partial charge is 0.319 e. The Hall–Kier alpha value is -1.59. The van der Waals surface area contributed by atoms with E-state index in [1.54, 1.807) is 19.1 Å². The molecule has 1 unspecified atom stereocenters. The van der Waals surface area contributed by atoms with Crippen molar-refractivity contribution in [2.24, 2.45) is 0 Å². The van der Waals surface area contributed by atoms with E-state index in [0.29, 0.717) is 6.54 Å². The van der Waals surface area contributed by atoms with Gasteiger partial charge in [-0.1, -0.05) is 12.1 Å². The van der Waals surface area contributed by atoms with Crippen molar-refractivity contribution in [2.45, 2.75) is 25.9 Å². The lowest BCUT2D eigenvalue weighted by Crippen LogP contribution is -2.35. The van der Waals surface area contributed by atoms with Gasteiger partial charge in [-0.3, -0.25) is 0 Å². The topological polar surface area (TPSA) is 64.6 Å². The molecular weight excluding hydrogens is 254 g/mol. The van der Waals surface area contributed by atoms with Crippen molar-refractivity contribution in [1.29, 1.82) is 0 Å². The van der Waals surface area contributed by atoms with Gasteiger partial charge in [0.15, 0.2) is 0 Å². The van der Waals surface area contributed by atoms with E-state index in [-0.39, 0.29) is 6.03 Å². The third-order valence-electron chi connectivity index (χ3n) is 3.56. The minimum absolute atomic E-state index is 0.186. The van der Waals surface area contributed by atoms with E-state index in [1.165, 1.54) is 12.8 Å². The molecule has 0 spiro atoms. The van der Waals surface area contributed by atoms with Gasteiger partial charge in [0.05, 0.1) is 6.10 Å². The maximum atomic E-state index is 11.7. The second-order valence-electron chi connectivity index (χ2n) is 5.23. The number of hydrogen-bond donors (Lipinski definition) is 3. The van der Waals surface area contributed by atoms with Crippen LogP contribution >= 0.6 is 0 Å². The standard InChI is InChI=1S/C15H23N3O2/c1-12(19)13-4-6-14(7-5-13)17-15(20)16-8-11-18-9-2-3-10-18/h4-7,12,19H,2-3,8-11H2,1H3,(H2,16,17,20). The Morgan fingerprint density at radius 3 is 2.55 bits per heavy atom. The molecule has 5 nitrogen and oxygen atoms in total. The van der Waals surface area contributed by atoms with Gasteiger partial charge >= 0.3 is 6.03 Å². The molecule has 1 saturated heterocycles. The molecule has 2 rings (SSSR count). The third-order valence-corrected chi connectivity index (χ3v) is 3.56. The van der Waals surface area contributed by atoms with Gasteiger partial charge in [-0.2, -0.15) is 0 Å². The summed E-state index contributed by atoms with van der Waals surface area (Å²) in [5.74, 6) is 0. The van der Waals surface area contributed by atoms with Crippen LogP contribution in [0.2, 0.25) is 0 Å². The molecule has 1 aromatic carbocycles. The van der Waals surface area contributed by atoms with Crippen LogP contribution in [0.25, 0.3) is 0 Å². The number of rotatable bonds is 5. The van der Waals surface area contributed by atoms with Crippen LogP contribution in [0.5, 0.6) is 0 Å². The Labute approximate surface area is 120 Å². The summed E-state index contributed by atoms with van der Waals surface area (Å²) < 4.78 is 0. The Morgan fingerprint density at radius 2 is 1.95 bits per heavy atom. The van der Waals surface area contributed by atoms with Crippen molar-refractivity contribution >= 4 is 11.7 Å². The average molecular weight is 277 g/mol. The Morgan fingerprint density at radius 1 is 1.30 bits per heavy atom. The largest absolute Gasteiger partial charge is 0.389 e. The molecule has 5 heteroatoms. The molecule has 1 aliphatic rings. The van der Waals surface area contributed by atoms with E-state index >= 15 is 0 Å². The lowest BCUT2D eigenvalue weighted by Gasteiger charge is -2.15. The molecule has 3 N–H and O–H groups in total. The molecular formula is C15H23N3O2. The number of hydrogen-bond acceptors (Lipinski definition) is 3. The maximum Gasteiger partial charge on any atom is 0.319 e. The SMILES string of the molecule is CC(O)c1ccc(NC(=O)NCCN2CCCC2)cc1. The number of likely N-dealkylation sites (tertiary alicyclic amines) is 1. The molecule has 1 aromatic rings. The second kappa shape index (κ2) is 7.26. The summed E-state index contributed by atoms with van der Waals surface area (Å²) in [5.41, 5.74) is 1.57. The minimum Gasteiger partial charge on any atom is -0.389 e. The number of carbonyl (C=O) groups excluding carboxylic acids is 1. The van der Waals surface area contributed by atoms with Crippen molar-refractivity contribution in [3.05, 3.63) is 29.8 Å². The van der Waals surface area contributed by atoms with Gasteiger partial charge in [-0.25, -0.2) is 4.79 Å². The van der Waals surface area contributed by atoms with Gasteiger partial charge in [0, 0.05) is 18.8 Å². The van der Waals surface area contributed by atoms with Crippen molar-refractivity contribution in [3.8, 4) is 0 Å². The quantitative estimate of drug-likeness (QED) is 0.771. The zero-order valence-corrected chi connectivity index (χ0v) is 11.9. The van der Waals surface area contributed by atoms with E-state index < -0.39 is 6.10 Å². The van der Waals surface area contributed by atoms with Crippen LogP contribution in [0, 0.1) is 0 Å². The molecule has 1 aliphatic heterocycles. The van der Waals surface area contributed by atoms with Gasteiger partial charge in [-0.15, -0.1) is 0 Å². The van der Waals surface area contributed by atoms with Crippen LogP contribution in [-0.2, 0) is 0 Å². The van der Waals surface area contributed by atoms with Crippen LogP contribution in [0.3, 0.4) is 0 Å². The zero-order chi connectivity index (χ0) is 14.4. The Balaban J connectivity index is 1.70. The molecule has 1 heterocycles. The lowest BCUT2D eigenvalue weighted by molar-refractivity contribution is 0.199. The third kappa shape index (κ3) is 4.51. The first-order chi connectivity index (χ1) is 9.65. The highest BCUT2D eigenvalue weighted by atomic mass is 16.3.